The van der Waals surface area contributed by atoms with Gasteiger partial charge in [0.25, 0.3) is 0 Å². The largest absolute Gasteiger partial charge is 0.457 e. The van der Waals surface area contributed by atoms with Crippen molar-refractivity contribution in [1.82, 2.24) is 19.5 Å². The molecule has 60 heavy (non-hydrogen) atoms. The lowest BCUT2D eigenvalue weighted by Crippen LogP contribution is -2.24. The molecule has 0 amide bonds. The van der Waals surface area contributed by atoms with Crippen molar-refractivity contribution in [3.63, 3.8) is 0 Å². The first-order valence-electron chi connectivity index (χ1n) is 20.3. The highest BCUT2D eigenvalue weighted by atomic mass is 16.5. The lowest BCUT2D eigenvalue weighted by Gasteiger charge is -2.34. The van der Waals surface area contributed by atoms with Gasteiger partial charge in [0.1, 0.15) is 22.7 Å². The molecule has 0 radical (unpaired) electrons. The van der Waals surface area contributed by atoms with Gasteiger partial charge < -0.3 is 13.7 Å². The van der Waals surface area contributed by atoms with Gasteiger partial charge in [-0.3, -0.25) is 0 Å². The Morgan fingerprint density at radius 1 is 0.433 bits per heavy atom. The molecule has 0 spiro atoms. The maximum absolute atomic E-state index is 6.78. The molecule has 1 aliphatic rings. The van der Waals surface area contributed by atoms with E-state index in [1.54, 1.807) is 0 Å². The zero-order valence-corrected chi connectivity index (χ0v) is 32.9. The Labute approximate surface area is 346 Å². The van der Waals surface area contributed by atoms with Gasteiger partial charge in [0.15, 0.2) is 17.5 Å². The van der Waals surface area contributed by atoms with Crippen molar-refractivity contribution < 1.29 is 9.15 Å². The summed E-state index contributed by atoms with van der Waals surface area (Å²) in [6.45, 7) is 4.51. The minimum absolute atomic E-state index is 0.186. The van der Waals surface area contributed by atoms with Crippen molar-refractivity contribution in [3.05, 3.63) is 193 Å². The molecule has 0 unspecified atom stereocenters. The van der Waals surface area contributed by atoms with Crippen molar-refractivity contribution >= 4 is 43.7 Å². The van der Waals surface area contributed by atoms with E-state index >= 15 is 0 Å². The van der Waals surface area contributed by atoms with Gasteiger partial charge in [-0.2, -0.15) is 0 Å². The van der Waals surface area contributed by atoms with Gasteiger partial charge in [0, 0.05) is 66.0 Å². The number of aromatic nitrogens is 4. The zero-order chi connectivity index (χ0) is 40.0. The Balaban J connectivity index is 0.973. The predicted octanol–water partition coefficient (Wildman–Crippen LogP) is 14.0. The fourth-order valence-electron chi connectivity index (χ4n) is 9.13. The summed E-state index contributed by atoms with van der Waals surface area (Å²) in [6.07, 6.45) is 0. The molecular weight excluding hydrogens is 737 g/mol. The Kier molecular flexibility index (Phi) is 7.47. The molecule has 0 aliphatic carbocycles. The summed E-state index contributed by atoms with van der Waals surface area (Å²) in [7, 11) is 0. The first-order valence-corrected chi connectivity index (χ1v) is 20.3. The maximum atomic E-state index is 6.78. The summed E-state index contributed by atoms with van der Waals surface area (Å²) in [4.78, 5) is 15.3. The van der Waals surface area contributed by atoms with E-state index in [-0.39, 0.29) is 5.41 Å². The number of benzene rings is 8. The van der Waals surface area contributed by atoms with Crippen LogP contribution in [0.3, 0.4) is 0 Å². The molecule has 0 saturated carbocycles. The van der Waals surface area contributed by atoms with Crippen LogP contribution in [0.15, 0.2) is 186 Å². The summed E-state index contributed by atoms with van der Waals surface area (Å²) in [6, 6.07) is 63.1. The smallest absolute Gasteiger partial charge is 0.164 e. The molecule has 8 aromatic carbocycles. The average Bonchev–Trinajstić information content (AvgIpc) is 3.85. The number of rotatable bonds is 5. The van der Waals surface area contributed by atoms with Gasteiger partial charge in [0.2, 0.25) is 0 Å². The van der Waals surface area contributed by atoms with Crippen LogP contribution < -0.4 is 4.74 Å². The molecule has 284 valence electrons. The van der Waals surface area contributed by atoms with Crippen LogP contribution >= 0.6 is 0 Å². The number of fused-ring (bicyclic) bond motifs is 8. The molecule has 11 aromatic rings. The summed E-state index contributed by atoms with van der Waals surface area (Å²) >= 11 is 0. The standard InChI is InChI=1S/C54H36N4O2/c1-54(2)43-22-8-11-25-47(43)59-49-31-34(27-29-44(49)54)38-20-13-21-42-41-28-26-36(32-48(41)60-50(38)42)53-56-51(33-14-4-3-5-15-33)55-52(57-53)35-16-12-17-37(30-35)58-45-23-9-6-18-39(45)40-19-7-10-24-46(40)58/h3-32H,1-2H3. The second-order valence-corrected chi connectivity index (χ2v) is 16.0. The molecule has 4 heterocycles. The Morgan fingerprint density at radius 2 is 1.03 bits per heavy atom. The third-order valence-electron chi connectivity index (χ3n) is 12.1. The van der Waals surface area contributed by atoms with Crippen LogP contribution in [0.1, 0.15) is 25.0 Å². The maximum Gasteiger partial charge on any atom is 0.164 e. The third kappa shape index (κ3) is 5.31. The molecule has 0 fully saturated rings. The quantitative estimate of drug-likeness (QED) is 0.174. The molecule has 0 bridgehead atoms. The predicted molar refractivity (Wildman–Crippen MR) is 242 cm³/mol. The number of nitrogens with zero attached hydrogens (tertiary/aromatic N) is 4. The van der Waals surface area contributed by atoms with E-state index in [0.717, 1.165) is 83.5 Å². The molecule has 1 aliphatic heterocycles. The SMILES string of the molecule is CC1(C)c2ccccc2Oc2cc(-c3cccc4c3oc3cc(-c5nc(-c6ccccc6)nc(-c6cccc(-n7c8ccccc8c8ccccc87)c6)n5)ccc34)ccc21. The average molecular weight is 773 g/mol. The van der Waals surface area contributed by atoms with Gasteiger partial charge in [-0.05, 0) is 54.1 Å². The lowest BCUT2D eigenvalue weighted by atomic mass is 9.75. The van der Waals surface area contributed by atoms with Crippen LogP contribution in [0.25, 0.3) is 94.7 Å². The van der Waals surface area contributed by atoms with Crippen molar-refractivity contribution in [3.8, 4) is 62.5 Å². The first kappa shape index (κ1) is 34.2. The second kappa shape index (κ2) is 13.1. The van der Waals surface area contributed by atoms with E-state index in [1.807, 2.05) is 42.5 Å². The fourth-order valence-corrected chi connectivity index (χ4v) is 9.13. The Bertz CT molecular complexity index is 3450. The summed E-state index contributed by atoms with van der Waals surface area (Å²) in [5.41, 5.74) is 11.8. The van der Waals surface area contributed by atoms with Gasteiger partial charge in [0.05, 0.1) is 11.0 Å². The topological polar surface area (TPSA) is 66.0 Å². The molecule has 3 aromatic heterocycles. The molecule has 0 saturated heterocycles. The van der Waals surface area contributed by atoms with Crippen molar-refractivity contribution in [2.75, 3.05) is 0 Å². The Morgan fingerprint density at radius 3 is 1.82 bits per heavy atom. The van der Waals surface area contributed by atoms with Crippen LogP contribution in [0, 0.1) is 0 Å². The van der Waals surface area contributed by atoms with Gasteiger partial charge >= 0.3 is 0 Å². The van der Waals surface area contributed by atoms with E-state index in [4.69, 9.17) is 24.1 Å². The number of hydrogen-bond acceptors (Lipinski definition) is 5. The van der Waals surface area contributed by atoms with Crippen LogP contribution in [-0.2, 0) is 5.41 Å². The van der Waals surface area contributed by atoms with E-state index in [1.165, 1.54) is 16.3 Å². The third-order valence-corrected chi connectivity index (χ3v) is 12.1. The van der Waals surface area contributed by atoms with E-state index in [0.29, 0.717) is 17.5 Å². The number of furan rings is 1. The highest BCUT2D eigenvalue weighted by molar-refractivity contribution is 6.11. The minimum atomic E-state index is -0.186. The van der Waals surface area contributed by atoms with Crippen LogP contribution in [0.2, 0.25) is 0 Å². The summed E-state index contributed by atoms with van der Waals surface area (Å²) in [5, 5.41) is 4.50. The van der Waals surface area contributed by atoms with E-state index in [2.05, 4.69) is 158 Å². The molecule has 0 N–H and O–H groups in total. The summed E-state index contributed by atoms with van der Waals surface area (Å²) < 4.78 is 15.6. The van der Waals surface area contributed by atoms with Crippen molar-refractivity contribution in [2.45, 2.75) is 19.3 Å². The lowest BCUT2D eigenvalue weighted by molar-refractivity contribution is 0.418. The van der Waals surface area contributed by atoms with Crippen LogP contribution in [0.4, 0.5) is 0 Å². The van der Waals surface area contributed by atoms with Gasteiger partial charge in [-0.1, -0.05) is 147 Å². The van der Waals surface area contributed by atoms with E-state index < -0.39 is 0 Å². The normalized spacial score (nSPS) is 13.1. The van der Waals surface area contributed by atoms with Crippen molar-refractivity contribution in [1.29, 1.82) is 0 Å². The monoisotopic (exact) mass is 772 g/mol. The molecule has 12 rings (SSSR count). The number of para-hydroxylation sites is 4. The van der Waals surface area contributed by atoms with E-state index in [9.17, 15) is 0 Å². The highest BCUT2D eigenvalue weighted by Gasteiger charge is 2.34. The van der Waals surface area contributed by atoms with Gasteiger partial charge in [-0.15, -0.1) is 0 Å². The summed E-state index contributed by atoms with van der Waals surface area (Å²) in [5.74, 6) is 3.53. The van der Waals surface area contributed by atoms with Crippen molar-refractivity contribution in [2.24, 2.45) is 0 Å². The number of ether oxygens (including phenoxy) is 1. The van der Waals surface area contributed by atoms with Crippen LogP contribution in [0.5, 0.6) is 11.5 Å². The Hall–Kier alpha value is -7.83. The van der Waals surface area contributed by atoms with Crippen LogP contribution in [-0.4, -0.2) is 19.5 Å². The molecule has 6 heteroatoms. The molecule has 6 nitrogen and oxygen atoms in total. The highest BCUT2D eigenvalue weighted by Crippen LogP contribution is 2.49. The van der Waals surface area contributed by atoms with Gasteiger partial charge in [-0.25, -0.2) is 15.0 Å². The fraction of sp³-hybridized carbons (Fsp3) is 0.0556. The first-order chi connectivity index (χ1) is 29.5. The molecule has 0 atom stereocenters. The zero-order valence-electron chi connectivity index (χ0n) is 32.9. The molecular formula is C54H36N4O2. The number of hydrogen-bond donors (Lipinski definition) is 0. The second-order valence-electron chi connectivity index (χ2n) is 16.0. The minimum Gasteiger partial charge on any atom is -0.457 e.